The molecule has 1 saturated carbocycles. The van der Waals surface area contributed by atoms with Crippen LogP contribution in [0.1, 0.15) is 172 Å². The van der Waals surface area contributed by atoms with Crippen molar-refractivity contribution >= 4 is 0 Å². The van der Waals surface area contributed by atoms with E-state index < -0.39 is 0 Å². The number of hydrogen-bond acceptors (Lipinski definition) is 8. The quantitative estimate of drug-likeness (QED) is 0.147. The Morgan fingerprint density at radius 1 is 0.494 bits per heavy atom. The number of fused-ring (bicyclic) bond motifs is 4. The predicted octanol–water partition coefficient (Wildman–Crippen LogP) is 16.2. The zero-order chi connectivity index (χ0) is 59.6. The second-order valence-electron chi connectivity index (χ2n) is 27.4. The Bertz CT molecular complexity index is 3690. The maximum Gasteiger partial charge on any atom is 0.140 e. The van der Waals surface area contributed by atoms with Gasteiger partial charge in [-0.25, -0.2) is 19.9 Å². The molecule has 0 unspecified atom stereocenters. The first-order chi connectivity index (χ1) is 39.2. The van der Waals surface area contributed by atoms with Gasteiger partial charge >= 0.3 is 0 Å². The summed E-state index contributed by atoms with van der Waals surface area (Å²) in [5.41, 5.74) is 15.4. The van der Waals surface area contributed by atoms with E-state index in [0.29, 0.717) is 0 Å². The molecule has 1 fully saturated rings. The van der Waals surface area contributed by atoms with Crippen LogP contribution in [-0.4, -0.2) is 58.1 Å². The molecular weight excluding hydrogens is 1020 g/mol. The van der Waals surface area contributed by atoms with E-state index in [2.05, 4.69) is 234 Å². The van der Waals surface area contributed by atoms with Crippen molar-refractivity contribution in [2.75, 3.05) is 0 Å². The molecule has 0 aromatic carbocycles. The number of aryl methyl sites for hydroxylation is 4. The van der Waals surface area contributed by atoms with Crippen LogP contribution >= 0.6 is 0 Å². The highest BCUT2D eigenvalue weighted by Gasteiger charge is 2.27. The lowest BCUT2D eigenvalue weighted by Gasteiger charge is -2.27. The molecule has 1 aliphatic carbocycles. The van der Waals surface area contributed by atoms with Crippen LogP contribution in [0.25, 0.3) is 45.6 Å². The van der Waals surface area contributed by atoms with Gasteiger partial charge in [-0.1, -0.05) is 108 Å². The van der Waals surface area contributed by atoms with Crippen LogP contribution in [0, 0.1) is 32.6 Å². The Labute approximate surface area is 494 Å². The highest BCUT2D eigenvalue weighted by Crippen LogP contribution is 2.36. The molecule has 3 aromatic rings. The number of pyridine rings is 5. The molecule has 12 rings (SSSR count). The highest BCUT2D eigenvalue weighted by molar-refractivity contribution is 5.63. The second-order valence-corrected chi connectivity index (χ2v) is 27.4. The lowest BCUT2D eigenvalue weighted by Crippen LogP contribution is -2.19. The Morgan fingerprint density at radius 2 is 0.892 bits per heavy atom. The molecule has 0 amide bonds. The molecule has 0 spiro atoms. The molecule has 0 saturated heterocycles. The fourth-order valence-corrected chi connectivity index (χ4v) is 10.8. The summed E-state index contributed by atoms with van der Waals surface area (Å²) in [5.74, 6) is 6.90. The standard InChI is InChI=1S/C19H28N2.C17H22N4.C17H21N3O.C17H19N3/c1-14-7-9-15(10-8-14)13-21-11-5-6-16-12-17(19(2,3)4)20-18(16)21;1-12-14(10-20(5)19-12)11-21-8-6-7-13-9-15(17(2,3)4)18-16(13)21;1-11-14(12(2)21-19-11)10-20-8-6-7-13-9-15(17(3,4)5)18-16(13)20;1-17(2,3)15-11-14-5-4-10-20(16(14)19-15)12-13-6-8-18-9-7-13/h5-6,11-12,14-15H,7-10,13H2,1-4H3;6-10H,11H2,1-5H3;6-9H,10H2,1-5H3;4-11H,12H2,1-3H3. The zero-order valence-corrected chi connectivity index (χ0v) is 52.7. The van der Waals surface area contributed by atoms with Crippen molar-refractivity contribution in [3.05, 3.63) is 185 Å². The van der Waals surface area contributed by atoms with Gasteiger partial charge in [-0.05, 0) is 136 Å². The van der Waals surface area contributed by atoms with Gasteiger partial charge in [0.15, 0.2) is 0 Å². The number of hydrogen-bond donors (Lipinski definition) is 0. The molecule has 13 nitrogen and oxygen atoms in total. The maximum atomic E-state index is 5.26. The summed E-state index contributed by atoms with van der Waals surface area (Å²) in [7, 11) is 1.96. The van der Waals surface area contributed by atoms with Gasteiger partial charge in [0.2, 0.25) is 0 Å². The van der Waals surface area contributed by atoms with Gasteiger partial charge in [-0.2, -0.15) is 5.10 Å². The number of aromatic nitrogens is 12. The van der Waals surface area contributed by atoms with Crippen LogP contribution in [0.15, 0.2) is 133 Å². The molecule has 3 aromatic heterocycles. The van der Waals surface area contributed by atoms with E-state index in [1.54, 1.807) is 0 Å². The molecule has 0 radical (unpaired) electrons. The van der Waals surface area contributed by atoms with Crippen LogP contribution in [0.5, 0.6) is 0 Å². The first kappa shape index (κ1) is 59.9. The average Bonchev–Trinajstić information content (AvgIpc) is 4.40. The third-order valence-electron chi connectivity index (χ3n) is 16.1. The smallest absolute Gasteiger partial charge is 0.140 e. The van der Waals surface area contributed by atoms with E-state index in [0.717, 1.165) is 95.3 Å². The Hall–Kier alpha value is -7.67. The van der Waals surface area contributed by atoms with Crippen molar-refractivity contribution < 1.29 is 4.52 Å². The van der Waals surface area contributed by atoms with E-state index in [1.807, 2.05) is 50.1 Å². The minimum Gasteiger partial charge on any atom is -0.361 e. The SMILES string of the molecule is CC(C)(C)c1cc2cccn(Cc3ccncc3)c-2n1.CC1CCC(Cn2cccc3cc(C(C)(C)C)nc2-3)CC1.Cc1nn(C)cc1Cn1cccc2cc(C(C)(C)C)nc1-2.Cc1noc(C)c1Cn1cccc2cc(C(C)(C)C)nc1-2. The summed E-state index contributed by atoms with van der Waals surface area (Å²) in [5, 5.41) is 8.44. The monoisotopic (exact) mass is 1110 g/mol. The summed E-state index contributed by atoms with van der Waals surface area (Å²) in [6.45, 7) is 38.3. The van der Waals surface area contributed by atoms with E-state index in [-0.39, 0.29) is 21.7 Å². The fraction of sp³-hybridized carbons (Fsp3) is 0.443. The largest absolute Gasteiger partial charge is 0.361 e. The Balaban J connectivity index is 0.000000133. The molecule has 436 valence electrons. The Morgan fingerprint density at radius 3 is 1.28 bits per heavy atom. The van der Waals surface area contributed by atoms with Crippen LogP contribution < -0.4 is 0 Å². The lowest BCUT2D eigenvalue weighted by molar-refractivity contribution is 0.265. The Kier molecular flexibility index (Phi) is 17.5. The van der Waals surface area contributed by atoms with Gasteiger partial charge < -0.3 is 22.8 Å². The van der Waals surface area contributed by atoms with Crippen molar-refractivity contribution in [2.45, 2.75) is 184 Å². The normalized spacial score (nSPS) is 15.0. The zero-order valence-electron chi connectivity index (χ0n) is 52.7. The maximum absolute atomic E-state index is 5.26. The van der Waals surface area contributed by atoms with E-state index in [1.165, 1.54) is 70.6 Å². The molecule has 9 aliphatic rings. The van der Waals surface area contributed by atoms with Gasteiger partial charge in [-0.3, -0.25) is 9.67 Å². The van der Waals surface area contributed by atoms with Gasteiger partial charge in [0, 0.05) is 141 Å². The van der Waals surface area contributed by atoms with Gasteiger partial charge in [0.05, 0.1) is 24.5 Å². The minimum absolute atomic E-state index is 0.0554. The third-order valence-corrected chi connectivity index (χ3v) is 16.1. The van der Waals surface area contributed by atoms with Gasteiger partial charge in [0.1, 0.15) is 29.1 Å². The van der Waals surface area contributed by atoms with Crippen LogP contribution in [-0.2, 0) is 54.9 Å². The summed E-state index contributed by atoms with van der Waals surface area (Å²) in [4.78, 5) is 23.5. The van der Waals surface area contributed by atoms with Crippen LogP contribution in [0.3, 0.4) is 0 Å². The molecule has 0 atom stereocenters. The predicted molar refractivity (Wildman–Crippen MR) is 337 cm³/mol. The number of nitrogens with zero attached hydrogens (tertiary/aromatic N) is 12. The van der Waals surface area contributed by atoms with Crippen LogP contribution in [0.2, 0.25) is 0 Å². The molecule has 8 aliphatic heterocycles. The summed E-state index contributed by atoms with van der Waals surface area (Å²) in [6.07, 6.45) is 19.7. The average molecular weight is 1120 g/mol. The molecule has 83 heavy (non-hydrogen) atoms. The van der Waals surface area contributed by atoms with E-state index >= 15 is 0 Å². The summed E-state index contributed by atoms with van der Waals surface area (Å²) in [6, 6.07) is 29.9. The molecule has 13 heteroatoms. The first-order valence-corrected chi connectivity index (χ1v) is 29.8. The fourth-order valence-electron chi connectivity index (χ4n) is 10.8. The van der Waals surface area contributed by atoms with Crippen molar-refractivity contribution in [3.63, 3.8) is 0 Å². The second kappa shape index (κ2) is 24.3. The van der Waals surface area contributed by atoms with Crippen LogP contribution in [0.4, 0.5) is 0 Å². The van der Waals surface area contributed by atoms with Gasteiger partial charge in [0.25, 0.3) is 0 Å². The van der Waals surface area contributed by atoms with Crippen molar-refractivity contribution in [2.24, 2.45) is 18.9 Å². The lowest BCUT2D eigenvalue weighted by atomic mass is 9.83. The topological polar surface area (TPSA) is 128 Å². The van der Waals surface area contributed by atoms with Gasteiger partial charge in [-0.15, -0.1) is 0 Å². The van der Waals surface area contributed by atoms with E-state index in [9.17, 15) is 0 Å². The summed E-state index contributed by atoms with van der Waals surface area (Å²) < 4.78 is 16.1. The third kappa shape index (κ3) is 14.6. The van der Waals surface area contributed by atoms with Crippen molar-refractivity contribution in [1.29, 1.82) is 0 Å². The molecule has 0 N–H and O–H groups in total. The molecule has 11 heterocycles. The summed E-state index contributed by atoms with van der Waals surface area (Å²) >= 11 is 0. The minimum atomic E-state index is 0.0554. The number of rotatable bonds is 8. The van der Waals surface area contributed by atoms with Crippen molar-refractivity contribution in [1.82, 2.24) is 58.1 Å². The highest BCUT2D eigenvalue weighted by atomic mass is 16.5. The first-order valence-electron chi connectivity index (χ1n) is 29.8. The molecular formula is C70H90N12O. The van der Waals surface area contributed by atoms with Crippen molar-refractivity contribution in [3.8, 4) is 45.6 Å². The molecule has 0 bridgehead atoms. The van der Waals surface area contributed by atoms with E-state index in [4.69, 9.17) is 24.5 Å².